The van der Waals surface area contributed by atoms with Crippen molar-refractivity contribution in [2.24, 2.45) is 0 Å². The highest BCUT2D eigenvalue weighted by molar-refractivity contribution is 5.96. The summed E-state index contributed by atoms with van der Waals surface area (Å²) in [5.74, 6) is 0.429. The lowest BCUT2D eigenvalue weighted by atomic mass is 10.1. The van der Waals surface area contributed by atoms with Gasteiger partial charge in [0.15, 0.2) is 0 Å². The summed E-state index contributed by atoms with van der Waals surface area (Å²) in [5.41, 5.74) is 1.95. The number of anilines is 2. The van der Waals surface area contributed by atoms with Crippen molar-refractivity contribution in [3.05, 3.63) is 66.7 Å². The smallest absolute Gasteiger partial charge is 0.254 e. The highest BCUT2D eigenvalue weighted by Crippen LogP contribution is 2.18. The molecule has 1 fully saturated rings. The van der Waals surface area contributed by atoms with Gasteiger partial charge < -0.3 is 25.0 Å². The first-order chi connectivity index (χ1) is 14.2. The summed E-state index contributed by atoms with van der Waals surface area (Å²) in [4.78, 5) is 26.6. The van der Waals surface area contributed by atoms with Crippen LogP contribution in [0.15, 0.2) is 61.2 Å². The molecule has 0 aromatic heterocycles. The fourth-order valence-electron chi connectivity index (χ4n) is 2.92. The van der Waals surface area contributed by atoms with E-state index in [4.69, 9.17) is 9.47 Å². The number of benzene rings is 2. The molecule has 0 atom stereocenters. The van der Waals surface area contributed by atoms with Crippen molar-refractivity contribution in [1.82, 2.24) is 4.90 Å². The number of hydrogen-bond donors (Lipinski definition) is 2. The Morgan fingerprint density at radius 2 is 1.86 bits per heavy atom. The number of nitrogens with zero attached hydrogens (tertiary/aromatic N) is 1. The van der Waals surface area contributed by atoms with Gasteiger partial charge in [-0.05, 0) is 30.3 Å². The number of carbonyl (C=O) groups is 2. The predicted octanol–water partition coefficient (Wildman–Crippen LogP) is 2.77. The minimum Gasteiger partial charge on any atom is -0.489 e. The molecule has 0 radical (unpaired) electrons. The van der Waals surface area contributed by atoms with E-state index < -0.39 is 0 Å². The van der Waals surface area contributed by atoms with Gasteiger partial charge in [0.1, 0.15) is 12.4 Å². The SMILES string of the molecule is C=CCOc1cccc(NC(=O)CNc2cccc(C(=O)N3CCOCC3)c2)c1. The Morgan fingerprint density at radius 3 is 2.66 bits per heavy atom. The first kappa shape index (κ1) is 20.4. The van der Waals surface area contributed by atoms with E-state index in [0.29, 0.717) is 55.6 Å². The maximum absolute atomic E-state index is 12.6. The van der Waals surface area contributed by atoms with Crippen LogP contribution in [0, 0.1) is 0 Å². The van der Waals surface area contributed by atoms with Crippen LogP contribution in [0.3, 0.4) is 0 Å². The summed E-state index contributed by atoms with van der Waals surface area (Å²) in [6, 6.07) is 14.3. The Balaban J connectivity index is 1.53. The van der Waals surface area contributed by atoms with E-state index in [1.54, 1.807) is 41.3 Å². The van der Waals surface area contributed by atoms with E-state index >= 15 is 0 Å². The van der Waals surface area contributed by atoms with Crippen LogP contribution < -0.4 is 15.4 Å². The molecule has 7 nitrogen and oxygen atoms in total. The standard InChI is InChI=1S/C22H25N3O4/c1-2-11-29-20-8-4-7-19(15-20)24-21(26)16-23-18-6-3-5-17(14-18)22(27)25-9-12-28-13-10-25/h2-8,14-15,23H,1,9-13,16H2,(H,24,26). The van der Waals surface area contributed by atoms with Crippen molar-refractivity contribution < 1.29 is 19.1 Å². The maximum Gasteiger partial charge on any atom is 0.254 e. The van der Waals surface area contributed by atoms with Crippen LogP contribution in [0.25, 0.3) is 0 Å². The number of hydrogen-bond acceptors (Lipinski definition) is 5. The van der Waals surface area contributed by atoms with Gasteiger partial charge in [-0.25, -0.2) is 0 Å². The summed E-state index contributed by atoms with van der Waals surface area (Å²) in [5, 5.41) is 5.88. The number of nitrogens with one attached hydrogen (secondary N) is 2. The monoisotopic (exact) mass is 395 g/mol. The van der Waals surface area contributed by atoms with Crippen LogP contribution in [-0.4, -0.2) is 56.2 Å². The third kappa shape index (κ3) is 6.08. The lowest BCUT2D eigenvalue weighted by Crippen LogP contribution is -2.40. The maximum atomic E-state index is 12.6. The van der Waals surface area contributed by atoms with Gasteiger partial charge in [-0.1, -0.05) is 24.8 Å². The normalized spacial score (nSPS) is 13.4. The van der Waals surface area contributed by atoms with Gasteiger partial charge in [-0.3, -0.25) is 9.59 Å². The number of amides is 2. The van der Waals surface area contributed by atoms with Gasteiger partial charge >= 0.3 is 0 Å². The van der Waals surface area contributed by atoms with Crippen molar-refractivity contribution >= 4 is 23.2 Å². The van der Waals surface area contributed by atoms with Crippen molar-refractivity contribution in [1.29, 1.82) is 0 Å². The molecule has 0 saturated carbocycles. The molecule has 7 heteroatoms. The summed E-state index contributed by atoms with van der Waals surface area (Å²) >= 11 is 0. The van der Waals surface area contributed by atoms with E-state index in [-0.39, 0.29) is 18.4 Å². The predicted molar refractivity (Wildman–Crippen MR) is 112 cm³/mol. The molecule has 1 saturated heterocycles. The molecule has 152 valence electrons. The van der Waals surface area contributed by atoms with Crippen molar-refractivity contribution in [2.75, 3.05) is 50.1 Å². The Hall–Kier alpha value is -3.32. The molecule has 2 aromatic carbocycles. The molecule has 2 amide bonds. The highest BCUT2D eigenvalue weighted by atomic mass is 16.5. The van der Waals surface area contributed by atoms with Crippen LogP contribution in [0.4, 0.5) is 11.4 Å². The van der Waals surface area contributed by atoms with E-state index in [0.717, 1.165) is 0 Å². The summed E-state index contributed by atoms with van der Waals surface area (Å²) in [6.07, 6.45) is 1.66. The minimum atomic E-state index is -0.198. The van der Waals surface area contributed by atoms with Crippen LogP contribution in [0.1, 0.15) is 10.4 Å². The number of ether oxygens (including phenoxy) is 2. The molecule has 3 rings (SSSR count). The Bertz CT molecular complexity index is 863. The zero-order valence-corrected chi connectivity index (χ0v) is 16.2. The molecule has 0 unspecified atom stereocenters. The number of morpholine rings is 1. The molecule has 0 aliphatic carbocycles. The van der Waals surface area contributed by atoms with Crippen LogP contribution in [0.5, 0.6) is 5.75 Å². The molecule has 1 aliphatic heterocycles. The zero-order chi connectivity index (χ0) is 20.5. The van der Waals surface area contributed by atoms with Gasteiger partial charge in [0.05, 0.1) is 19.8 Å². The summed E-state index contributed by atoms with van der Waals surface area (Å²) in [7, 11) is 0. The van der Waals surface area contributed by atoms with Crippen LogP contribution in [0.2, 0.25) is 0 Å². The molecule has 2 aromatic rings. The van der Waals surface area contributed by atoms with E-state index in [2.05, 4.69) is 17.2 Å². The molecule has 29 heavy (non-hydrogen) atoms. The third-order valence-corrected chi connectivity index (χ3v) is 4.35. The van der Waals surface area contributed by atoms with Gasteiger partial charge in [-0.15, -0.1) is 0 Å². The second-order valence-electron chi connectivity index (χ2n) is 6.51. The lowest BCUT2D eigenvalue weighted by Gasteiger charge is -2.27. The van der Waals surface area contributed by atoms with Crippen molar-refractivity contribution in [2.45, 2.75) is 0 Å². The van der Waals surface area contributed by atoms with Gasteiger partial charge in [0.2, 0.25) is 5.91 Å². The van der Waals surface area contributed by atoms with Gasteiger partial charge in [0, 0.05) is 36.1 Å². The molecule has 1 heterocycles. The summed E-state index contributed by atoms with van der Waals surface area (Å²) in [6.45, 7) is 6.39. The highest BCUT2D eigenvalue weighted by Gasteiger charge is 2.18. The van der Waals surface area contributed by atoms with E-state index in [1.807, 2.05) is 18.2 Å². The first-order valence-corrected chi connectivity index (χ1v) is 9.50. The van der Waals surface area contributed by atoms with Gasteiger partial charge in [0.25, 0.3) is 5.91 Å². The fraction of sp³-hybridized carbons (Fsp3) is 0.273. The number of rotatable bonds is 8. The van der Waals surface area contributed by atoms with E-state index in [9.17, 15) is 9.59 Å². The molecule has 1 aliphatic rings. The molecule has 0 spiro atoms. The van der Waals surface area contributed by atoms with Gasteiger partial charge in [-0.2, -0.15) is 0 Å². The molecule has 0 bridgehead atoms. The third-order valence-electron chi connectivity index (χ3n) is 4.35. The summed E-state index contributed by atoms with van der Waals surface area (Å²) < 4.78 is 10.8. The van der Waals surface area contributed by atoms with E-state index in [1.165, 1.54) is 0 Å². The van der Waals surface area contributed by atoms with Crippen molar-refractivity contribution in [3.8, 4) is 5.75 Å². The van der Waals surface area contributed by atoms with Crippen molar-refractivity contribution in [3.63, 3.8) is 0 Å². The Morgan fingerprint density at radius 1 is 1.10 bits per heavy atom. The number of carbonyl (C=O) groups excluding carboxylic acids is 2. The molecular weight excluding hydrogens is 370 g/mol. The first-order valence-electron chi connectivity index (χ1n) is 9.50. The largest absolute Gasteiger partial charge is 0.489 e. The molecular formula is C22H25N3O4. The zero-order valence-electron chi connectivity index (χ0n) is 16.2. The Kier molecular flexibility index (Phi) is 7.24. The fourth-order valence-corrected chi connectivity index (χ4v) is 2.92. The van der Waals surface area contributed by atoms with Crippen LogP contribution in [-0.2, 0) is 9.53 Å². The Labute approximate surface area is 170 Å². The molecule has 2 N–H and O–H groups in total. The second-order valence-corrected chi connectivity index (χ2v) is 6.51. The minimum absolute atomic E-state index is 0.0299. The van der Waals surface area contributed by atoms with Crippen LogP contribution >= 0.6 is 0 Å². The second kappa shape index (κ2) is 10.3. The lowest BCUT2D eigenvalue weighted by molar-refractivity contribution is -0.114. The quantitative estimate of drug-likeness (QED) is 0.672. The topological polar surface area (TPSA) is 79.9 Å². The average Bonchev–Trinajstić information content (AvgIpc) is 2.77. The average molecular weight is 395 g/mol.